The minimum absolute atomic E-state index is 0.00541. The number of nitrogens with one attached hydrogen (secondary N) is 5. The molecule has 77 heavy (non-hydrogen) atoms. The van der Waals surface area contributed by atoms with Crippen LogP contribution < -0.4 is 38.1 Å². The molecule has 7 amide bonds. The first-order valence-corrected chi connectivity index (χ1v) is 25.2. The molecular formula is C54H76N10O13. The summed E-state index contributed by atoms with van der Waals surface area (Å²) in [5.74, 6) is -12.6. The Kier molecular flexibility index (Phi) is 25.0. The number of nitrogens with zero attached hydrogens (tertiary/aromatic N) is 3. The summed E-state index contributed by atoms with van der Waals surface area (Å²) in [6.07, 6.45) is 4.52. The lowest BCUT2D eigenvalue weighted by atomic mass is 9.94. The molecule has 0 radical (unpaired) electrons. The number of carbonyl (C=O) groups excluding carboxylic acids is 7. The highest BCUT2D eigenvalue weighted by atomic mass is 16.5. The van der Waals surface area contributed by atoms with E-state index < -0.39 is 120 Å². The number of allylic oxidation sites excluding steroid dienone is 2. The molecule has 0 saturated carbocycles. The number of aliphatic carboxylic acids is 2. The molecule has 0 bridgehead atoms. The molecule has 0 spiro atoms. The number of carboxylic acids is 2. The van der Waals surface area contributed by atoms with Crippen molar-refractivity contribution in [3.8, 4) is 5.75 Å². The van der Waals surface area contributed by atoms with E-state index in [0.29, 0.717) is 17.6 Å². The maximum absolute atomic E-state index is 14.5. The molecule has 0 aromatic heterocycles. The molecule has 12 N–H and O–H groups in total. The average Bonchev–Trinajstić information content (AvgIpc) is 3.39. The number of carbonyl (C=O) groups is 9. The number of benzene rings is 2. The molecule has 1 saturated heterocycles. The summed E-state index contributed by atoms with van der Waals surface area (Å²) in [7, 11) is 4.07. The minimum Gasteiger partial charge on any atom is -0.508 e. The van der Waals surface area contributed by atoms with Crippen LogP contribution in [0.15, 0.2) is 95.7 Å². The Hall–Kier alpha value is -8.08. The Morgan fingerprint density at radius 1 is 0.831 bits per heavy atom. The van der Waals surface area contributed by atoms with Gasteiger partial charge in [-0.05, 0) is 75.6 Å². The zero-order valence-corrected chi connectivity index (χ0v) is 45.0. The van der Waals surface area contributed by atoms with Crippen molar-refractivity contribution in [2.24, 2.45) is 34.2 Å². The number of aliphatic imine (C=N–C) groups is 1. The summed E-state index contributed by atoms with van der Waals surface area (Å²) in [5, 5.41) is 43.2. The number of amides is 7. The van der Waals surface area contributed by atoms with Gasteiger partial charge in [-0.25, -0.2) is 9.59 Å². The summed E-state index contributed by atoms with van der Waals surface area (Å²) in [5.41, 5.74) is 13.0. The molecule has 2 aromatic rings. The number of hydrogen-bond donors (Lipinski definition) is 10. The van der Waals surface area contributed by atoms with Gasteiger partial charge in [0.1, 0.15) is 41.7 Å². The van der Waals surface area contributed by atoms with Crippen LogP contribution in [-0.4, -0.2) is 154 Å². The van der Waals surface area contributed by atoms with Gasteiger partial charge >= 0.3 is 11.9 Å². The maximum Gasteiger partial charge on any atom is 0.327 e. The van der Waals surface area contributed by atoms with Crippen molar-refractivity contribution in [1.82, 2.24) is 36.4 Å². The van der Waals surface area contributed by atoms with Crippen LogP contribution in [0.4, 0.5) is 0 Å². The lowest BCUT2D eigenvalue weighted by Gasteiger charge is -2.32. The number of aryl methyl sites for hydroxylation is 1. The number of rotatable bonds is 16. The lowest BCUT2D eigenvalue weighted by Crippen LogP contribution is -2.59. The monoisotopic (exact) mass is 1070 g/mol. The topological polar surface area (TPSA) is 355 Å². The summed E-state index contributed by atoms with van der Waals surface area (Å²) < 4.78 is 5.83. The molecule has 420 valence electrons. The van der Waals surface area contributed by atoms with Gasteiger partial charge in [-0.2, -0.15) is 0 Å². The molecule has 1 heterocycles. The number of guanidine groups is 1. The number of methoxy groups -OCH3 is 1. The molecule has 10 atom stereocenters. The van der Waals surface area contributed by atoms with Gasteiger partial charge in [0.15, 0.2) is 5.96 Å². The standard InChI is InChI=1S/C54H76N10O13/c1-30(28-31(2)43(77-9)29-37-14-11-10-12-15-37)17-23-39-32(3)46(67)61-41(52(73)74)24-26-44(66)63(7)35(6)48(69)58-34(5)51(72)64(8)42(25-20-36-18-21-38(65)22-19-36)50(71)62-45(53(75)76)33(4)47(68)60-40(49(70)59-39)16-13-27-57-54(55)56/h10-12,14-15,17-19,21-23,28,31-34,39-43,45,65H,6,13,16,20,24-27,29H2,1-5,7-9H3,(H,58,69)(H,59,70)(H,60,68)(H,61,67)(H,62,71)(H,73,74)(H,75,76)(H4,55,56,57)/b23-17+,30-28+/t31-,32-,33-,34+,39-,40-,41+,42-,43-,45+/m0/s1. The normalized spacial score (nSPS) is 24.3. The van der Waals surface area contributed by atoms with E-state index >= 15 is 0 Å². The van der Waals surface area contributed by atoms with Crippen molar-refractivity contribution in [1.29, 1.82) is 0 Å². The van der Waals surface area contributed by atoms with Crippen LogP contribution in [-0.2, 0) is 60.7 Å². The molecule has 23 heteroatoms. The van der Waals surface area contributed by atoms with E-state index in [1.165, 1.54) is 53.1 Å². The minimum atomic E-state index is -1.94. The van der Waals surface area contributed by atoms with Gasteiger partial charge < -0.3 is 67.9 Å². The third-order valence-corrected chi connectivity index (χ3v) is 13.4. The second-order valence-corrected chi connectivity index (χ2v) is 19.2. The highest BCUT2D eigenvalue weighted by molar-refractivity contribution is 6.00. The maximum atomic E-state index is 14.5. The fourth-order valence-corrected chi connectivity index (χ4v) is 8.37. The van der Waals surface area contributed by atoms with E-state index in [-0.39, 0.29) is 56.0 Å². The van der Waals surface area contributed by atoms with E-state index in [0.717, 1.165) is 15.4 Å². The van der Waals surface area contributed by atoms with Crippen LogP contribution in [0.3, 0.4) is 0 Å². The Balaban J connectivity index is 2.16. The Bertz CT molecular complexity index is 2510. The van der Waals surface area contributed by atoms with Gasteiger partial charge in [-0.15, -0.1) is 0 Å². The molecule has 3 rings (SSSR count). The highest BCUT2D eigenvalue weighted by Crippen LogP contribution is 2.20. The van der Waals surface area contributed by atoms with Crippen LogP contribution in [0.25, 0.3) is 0 Å². The van der Waals surface area contributed by atoms with Crippen LogP contribution in [0.2, 0.25) is 0 Å². The van der Waals surface area contributed by atoms with Gasteiger partial charge in [0.25, 0.3) is 5.91 Å². The summed E-state index contributed by atoms with van der Waals surface area (Å²) >= 11 is 0. The van der Waals surface area contributed by atoms with E-state index in [1.54, 1.807) is 32.2 Å². The van der Waals surface area contributed by atoms with Crippen LogP contribution in [0, 0.1) is 17.8 Å². The fourth-order valence-electron chi connectivity index (χ4n) is 8.37. The number of likely N-dealkylation sites (N-methyl/N-ethyl adjacent to an activating group) is 2. The quantitative estimate of drug-likeness (QED) is 0.0372. The van der Waals surface area contributed by atoms with Gasteiger partial charge in [-0.3, -0.25) is 38.6 Å². The summed E-state index contributed by atoms with van der Waals surface area (Å²) in [6.45, 7) is 11.4. The zero-order chi connectivity index (χ0) is 57.7. The van der Waals surface area contributed by atoms with Gasteiger partial charge in [0, 0.05) is 40.1 Å². The number of phenols is 1. The number of hydrogen-bond acceptors (Lipinski definition) is 12. The average molecular weight is 1070 g/mol. The molecule has 0 unspecified atom stereocenters. The van der Waals surface area contributed by atoms with Crippen molar-refractivity contribution < 1.29 is 63.2 Å². The number of carboxylic acid groups (broad SMARTS) is 2. The number of phenolic OH excluding ortho intramolecular Hbond substituents is 1. The molecule has 2 aromatic carbocycles. The first-order chi connectivity index (χ1) is 36.2. The van der Waals surface area contributed by atoms with E-state index in [1.807, 2.05) is 43.3 Å². The van der Waals surface area contributed by atoms with Crippen molar-refractivity contribution in [2.75, 3.05) is 27.7 Å². The first-order valence-electron chi connectivity index (χ1n) is 25.2. The lowest BCUT2D eigenvalue weighted by molar-refractivity contribution is -0.148. The third-order valence-electron chi connectivity index (χ3n) is 13.4. The number of aromatic hydroxyl groups is 1. The molecular weight excluding hydrogens is 997 g/mol. The number of nitrogens with two attached hydrogens (primary N) is 2. The van der Waals surface area contributed by atoms with Gasteiger partial charge in [0.05, 0.1) is 24.0 Å². The van der Waals surface area contributed by atoms with Gasteiger partial charge in [0.2, 0.25) is 35.4 Å². The van der Waals surface area contributed by atoms with Crippen LogP contribution in [0.5, 0.6) is 5.75 Å². The SMILES string of the molecule is C=C1C(=O)N[C@H](C)C(=O)N(C)[C@@H](CCc2ccc(O)cc2)C(=O)N[C@@H](C(=O)O)[C@H](C)C(=O)N[C@@H](CCCN=C(N)N)C(=O)N[C@@H](/C=C/C(C)=C/[C@H](C)[C@H](Cc2ccccc2)OC)[C@H](C)C(=O)N[C@@H](C(=O)O)CCC(=O)N1C. The van der Waals surface area contributed by atoms with Gasteiger partial charge in [-0.1, -0.05) is 93.6 Å². The predicted molar refractivity (Wildman–Crippen MR) is 286 cm³/mol. The fraction of sp³-hybridized carbons (Fsp3) is 0.481. The molecule has 1 fully saturated rings. The summed E-state index contributed by atoms with van der Waals surface area (Å²) in [4.78, 5) is 129. The third kappa shape index (κ3) is 19.9. The Morgan fingerprint density at radius 2 is 1.47 bits per heavy atom. The largest absolute Gasteiger partial charge is 0.508 e. The molecule has 1 aliphatic rings. The Morgan fingerprint density at radius 3 is 2.06 bits per heavy atom. The van der Waals surface area contributed by atoms with Crippen molar-refractivity contribution in [2.45, 2.75) is 122 Å². The molecule has 23 nitrogen and oxygen atoms in total. The molecule has 0 aliphatic carbocycles. The summed E-state index contributed by atoms with van der Waals surface area (Å²) in [6, 6.07) is 6.71. The van der Waals surface area contributed by atoms with E-state index in [4.69, 9.17) is 16.2 Å². The van der Waals surface area contributed by atoms with E-state index in [2.05, 4.69) is 38.2 Å². The predicted octanol–water partition coefficient (Wildman–Crippen LogP) is 1.25. The molecule has 1 aliphatic heterocycles. The van der Waals surface area contributed by atoms with Crippen molar-refractivity contribution in [3.63, 3.8) is 0 Å². The second-order valence-electron chi connectivity index (χ2n) is 19.2. The van der Waals surface area contributed by atoms with Crippen LogP contribution >= 0.6 is 0 Å². The Labute approximate surface area is 449 Å². The first kappa shape index (κ1) is 63.2. The highest BCUT2D eigenvalue weighted by Gasteiger charge is 2.39. The van der Waals surface area contributed by atoms with Crippen molar-refractivity contribution in [3.05, 3.63) is 102 Å². The van der Waals surface area contributed by atoms with E-state index in [9.17, 15) is 58.5 Å². The zero-order valence-electron chi connectivity index (χ0n) is 45.0. The number of ether oxygens (including phenoxy) is 1. The second kappa shape index (κ2) is 30.5. The van der Waals surface area contributed by atoms with Crippen molar-refractivity contribution >= 4 is 59.2 Å². The van der Waals surface area contributed by atoms with Crippen LogP contribution in [0.1, 0.15) is 77.8 Å². The smallest absolute Gasteiger partial charge is 0.327 e.